The molecule has 1 aromatic carbocycles. The van der Waals surface area contributed by atoms with E-state index in [2.05, 4.69) is 20.7 Å². The second-order valence-corrected chi connectivity index (χ2v) is 4.92. The summed E-state index contributed by atoms with van der Waals surface area (Å²) in [6.45, 7) is -1.03. The number of hydrogen-bond donors (Lipinski definition) is 1. The lowest BCUT2D eigenvalue weighted by atomic mass is 10.1. The van der Waals surface area contributed by atoms with Crippen LogP contribution in [-0.2, 0) is 4.74 Å². The normalized spacial score (nSPS) is 13.0. The van der Waals surface area contributed by atoms with Gasteiger partial charge in [0.2, 0.25) is 5.75 Å². The summed E-state index contributed by atoms with van der Waals surface area (Å²) < 4.78 is 45.2. The number of aliphatic hydroxyl groups excluding tert-OH is 1. The average molecular weight is 374 g/mol. The molecular weight excluding hydrogens is 363 g/mol. The number of hydrogen-bond acceptors (Lipinski definition) is 5. The van der Waals surface area contributed by atoms with E-state index in [1.807, 2.05) is 0 Å². The van der Waals surface area contributed by atoms with E-state index in [0.717, 1.165) is 6.07 Å². The first-order valence-electron chi connectivity index (χ1n) is 5.55. The highest BCUT2D eigenvalue weighted by Crippen LogP contribution is 2.37. The summed E-state index contributed by atoms with van der Waals surface area (Å²) in [5.74, 6) is -0.333. The lowest BCUT2D eigenvalue weighted by Crippen LogP contribution is -2.19. The number of benzene rings is 1. The molecule has 0 aliphatic carbocycles. The molecule has 0 radical (unpaired) electrons. The van der Waals surface area contributed by atoms with Crippen molar-refractivity contribution in [2.75, 3.05) is 13.4 Å². The van der Waals surface area contributed by atoms with Crippen LogP contribution in [0.4, 0.5) is 18.9 Å². The van der Waals surface area contributed by atoms with Gasteiger partial charge in [0.05, 0.1) is 11.0 Å². The molecule has 1 rings (SSSR count). The SMILES string of the molecule is CC(O)c1cc(Br)cc([N+](=O)[O-])c1OCOCC(F)(F)F. The van der Waals surface area contributed by atoms with E-state index in [4.69, 9.17) is 4.74 Å². The summed E-state index contributed by atoms with van der Waals surface area (Å²) in [6.07, 6.45) is -5.64. The molecular formula is C11H11BrF3NO5. The number of aliphatic hydroxyl groups is 1. The van der Waals surface area contributed by atoms with Gasteiger partial charge in [-0.25, -0.2) is 0 Å². The van der Waals surface area contributed by atoms with E-state index in [1.54, 1.807) is 0 Å². The van der Waals surface area contributed by atoms with Gasteiger partial charge in [-0.3, -0.25) is 10.1 Å². The highest BCUT2D eigenvalue weighted by molar-refractivity contribution is 9.10. The lowest BCUT2D eigenvalue weighted by Gasteiger charge is -2.14. The summed E-state index contributed by atoms with van der Waals surface area (Å²) in [5, 5.41) is 20.5. The highest BCUT2D eigenvalue weighted by atomic mass is 79.9. The molecule has 0 saturated carbocycles. The van der Waals surface area contributed by atoms with Crippen LogP contribution in [0.3, 0.4) is 0 Å². The van der Waals surface area contributed by atoms with Crippen molar-refractivity contribution in [3.63, 3.8) is 0 Å². The molecule has 21 heavy (non-hydrogen) atoms. The van der Waals surface area contributed by atoms with Gasteiger partial charge < -0.3 is 14.6 Å². The number of nitro benzene ring substituents is 1. The van der Waals surface area contributed by atoms with Crippen molar-refractivity contribution in [1.29, 1.82) is 0 Å². The van der Waals surface area contributed by atoms with Crippen molar-refractivity contribution in [1.82, 2.24) is 0 Å². The molecule has 0 fully saturated rings. The molecule has 0 heterocycles. The number of nitrogens with zero attached hydrogens (tertiary/aromatic N) is 1. The van der Waals surface area contributed by atoms with Crippen LogP contribution < -0.4 is 4.74 Å². The summed E-state index contributed by atoms with van der Waals surface area (Å²) >= 11 is 3.04. The molecule has 0 bridgehead atoms. The van der Waals surface area contributed by atoms with Crippen molar-refractivity contribution in [3.8, 4) is 5.75 Å². The molecule has 0 aliphatic rings. The van der Waals surface area contributed by atoms with Gasteiger partial charge in [0.25, 0.3) is 0 Å². The van der Waals surface area contributed by atoms with Gasteiger partial charge in [0.15, 0.2) is 6.79 Å². The Bertz CT molecular complexity index is 521. The number of ether oxygens (including phenoxy) is 2. The molecule has 0 aromatic heterocycles. The van der Waals surface area contributed by atoms with Gasteiger partial charge in [-0.1, -0.05) is 15.9 Å². The van der Waals surface area contributed by atoms with E-state index in [0.29, 0.717) is 4.47 Å². The number of halogens is 4. The second kappa shape index (κ2) is 7.05. The van der Waals surface area contributed by atoms with E-state index in [-0.39, 0.29) is 11.3 Å². The molecule has 1 aromatic rings. The number of nitro groups is 1. The Morgan fingerprint density at radius 1 is 1.48 bits per heavy atom. The first kappa shape index (κ1) is 17.7. The van der Waals surface area contributed by atoms with Gasteiger partial charge >= 0.3 is 11.9 Å². The Balaban J connectivity index is 2.95. The Labute approximate surface area is 125 Å². The smallest absolute Gasteiger partial charge is 0.411 e. The molecule has 10 heteroatoms. The fourth-order valence-electron chi connectivity index (χ4n) is 1.46. The largest absolute Gasteiger partial charge is 0.460 e. The summed E-state index contributed by atoms with van der Waals surface area (Å²) in [4.78, 5) is 10.2. The zero-order valence-electron chi connectivity index (χ0n) is 10.7. The second-order valence-electron chi connectivity index (χ2n) is 4.00. The molecule has 0 saturated heterocycles. The maximum Gasteiger partial charge on any atom is 0.411 e. The average Bonchev–Trinajstić information content (AvgIpc) is 2.33. The predicted molar refractivity (Wildman–Crippen MR) is 68.9 cm³/mol. The standard InChI is InChI=1S/C11H11BrF3NO5/c1-6(17)8-2-7(12)3-9(16(18)19)10(8)21-5-20-4-11(13,14)15/h2-3,6,17H,4-5H2,1H3. The summed E-state index contributed by atoms with van der Waals surface area (Å²) in [7, 11) is 0. The van der Waals surface area contributed by atoms with Crippen LogP contribution in [0, 0.1) is 10.1 Å². The van der Waals surface area contributed by atoms with E-state index < -0.39 is 36.3 Å². The Hall–Kier alpha value is -1.39. The topological polar surface area (TPSA) is 81.8 Å². The quantitative estimate of drug-likeness (QED) is 0.358. The maximum atomic E-state index is 11.9. The molecule has 0 spiro atoms. The molecule has 0 aliphatic heterocycles. The van der Waals surface area contributed by atoms with E-state index in [9.17, 15) is 28.4 Å². The Kier molecular flexibility index (Phi) is 5.93. The van der Waals surface area contributed by atoms with E-state index >= 15 is 0 Å². The van der Waals surface area contributed by atoms with Crippen LogP contribution in [0.25, 0.3) is 0 Å². The zero-order valence-corrected chi connectivity index (χ0v) is 12.3. The maximum absolute atomic E-state index is 11.9. The van der Waals surface area contributed by atoms with Gasteiger partial charge in [0, 0.05) is 16.1 Å². The van der Waals surface area contributed by atoms with E-state index in [1.165, 1.54) is 13.0 Å². The van der Waals surface area contributed by atoms with Crippen molar-refractivity contribution >= 4 is 21.6 Å². The van der Waals surface area contributed by atoms with Crippen LogP contribution in [0.2, 0.25) is 0 Å². The third-order valence-electron chi connectivity index (χ3n) is 2.26. The third-order valence-corrected chi connectivity index (χ3v) is 2.72. The number of rotatable bonds is 6. The first-order chi connectivity index (χ1) is 9.61. The minimum atomic E-state index is -4.53. The molecule has 6 nitrogen and oxygen atoms in total. The minimum absolute atomic E-state index is 0.0617. The third kappa shape index (κ3) is 5.48. The fourth-order valence-corrected chi connectivity index (χ4v) is 1.92. The minimum Gasteiger partial charge on any atom is -0.460 e. The highest BCUT2D eigenvalue weighted by Gasteiger charge is 2.28. The number of alkyl halides is 3. The van der Waals surface area contributed by atoms with Crippen LogP contribution in [0.1, 0.15) is 18.6 Å². The summed E-state index contributed by atoms with van der Waals surface area (Å²) in [6, 6.07) is 2.49. The predicted octanol–water partition coefficient (Wildman–Crippen LogP) is 3.33. The summed E-state index contributed by atoms with van der Waals surface area (Å²) in [5.41, 5.74) is -0.428. The van der Waals surface area contributed by atoms with Crippen LogP contribution in [0.15, 0.2) is 16.6 Å². The zero-order chi connectivity index (χ0) is 16.2. The van der Waals surface area contributed by atoms with Crippen molar-refractivity contribution in [2.45, 2.75) is 19.2 Å². The van der Waals surface area contributed by atoms with Crippen molar-refractivity contribution < 1.29 is 32.7 Å². The van der Waals surface area contributed by atoms with Crippen molar-refractivity contribution in [2.24, 2.45) is 0 Å². The Morgan fingerprint density at radius 3 is 2.57 bits per heavy atom. The van der Waals surface area contributed by atoms with Gasteiger partial charge in [0.1, 0.15) is 6.61 Å². The lowest BCUT2D eigenvalue weighted by molar-refractivity contribution is -0.386. The van der Waals surface area contributed by atoms with Crippen LogP contribution in [0.5, 0.6) is 5.75 Å². The monoisotopic (exact) mass is 373 g/mol. The molecule has 0 amide bonds. The van der Waals surface area contributed by atoms with Gasteiger partial charge in [-0.05, 0) is 13.0 Å². The van der Waals surface area contributed by atoms with Gasteiger partial charge in [-0.2, -0.15) is 13.2 Å². The van der Waals surface area contributed by atoms with Crippen LogP contribution in [-0.4, -0.2) is 29.6 Å². The first-order valence-corrected chi connectivity index (χ1v) is 6.34. The van der Waals surface area contributed by atoms with Crippen molar-refractivity contribution in [3.05, 3.63) is 32.3 Å². The fraction of sp³-hybridized carbons (Fsp3) is 0.455. The molecule has 118 valence electrons. The molecule has 1 unspecified atom stereocenters. The molecule has 1 atom stereocenters. The molecule has 1 N–H and O–H groups in total. The Morgan fingerprint density at radius 2 is 2.10 bits per heavy atom. The van der Waals surface area contributed by atoms with Gasteiger partial charge in [-0.15, -0.1) is 0 Å². The van der Waals surface area contributed by atoms with Crippen LogP contribution >= 0.6 is 15.9 Å².